The Balaban J connectivity index is 1.54. The maximum absolute atomic E-state index is 12.8. The summed E-state index contributed by atoms with van der Waals surface area (Å²) in [6.45, 7) is 2.40. The number of aryl methyl sites for hydroxylation is 1. The fourth-order valence-electron chi connectivity index (χ4n) is 3.55. The molecule has 1 aliphatic rings. The molecule has 1 aliphatic heterocycles. The van der Waals surface area contributed by atoms with Crippen molar-refractivity contribution in [3.8, 4) is 0 Å². The van der Waals surface area contributed by atoms with Crippen LogP contribution in [0.5, 0.6) is 0 Å². The van der Waals surface area contributed by atoms with E-state index in [-0.39, 0.29) is 24.2 Å². The van der Waals surface area contributed by atoms with Crippen molar-refractivity contribution in [2.45, 2.75) is 13.3 Å². The molecule has 1 fully saturated rings. The first-order chi connectivity index (χ1) is 12.6. The molecule has 1 saturated heterocycles. The first kappa shape index (κ1) is 16.3. The number of hydrogen-bond donors (Lipinski definition) is 1. The van der Waals surface area contributed by atoms with Crippen molar-refractivity contribution in [2.24, 2.45) is 5.92 Å². The summed E-state index contributed by atoms with van der Waals surface area (Å²) in [4.78, 5) is 27.0. The van der Waals surface area contributed by atoms with Crippen LogP contribution in [0.15, 0.2) is 66.7 Å². The molecule has 0 aliphatic carbocycles. The molecule has 130 valence electrons. The monoisotopic (exact) mass is 344 g/mol. The highest BCUT2D eigenvalue weighted by molar-refractivity contribution is 6.07. The molecule has 1 N–H and O–H groups in total. The molecule has 0 aromatic heterocycles. The second-order valence-corrected chi connectivity index (χ2v) is 6.71. The van der Waals surface area contributed by atoms with Crippen LogP contribution < -0.4 is 10.2 Å². The molecule has 4 rings (SSSR count). The van der Waals surface area contributed by atoms with E-state index >= 15 is 0 Å². The number of fused-ring (bicyclic) bond motifs is 1. The molecule has 0 saturated carbocycles. The number of para-hydroxylation sites is 1. The molecule has 0 unspecified atom stereocenters. The van der Waals surface area contributed by atoms with Gasteiger partial charge in [-0.3, -0.25) is 9.59 Å². The zero-order chi connectivity index (χ0) is 18.1. The number of nitrogens with one attached hydrogen (secondary N) is 1. The van der Waals surface area contributed by atoms with Crippen LogP contribution >= 0.6 is 0 Å². The molecule has 0 radical (unpaired) electrons. The second kappa shape index (κ2) is 6.64. The van der Waals surface area contributed by atoms with E-state index in [0.717, 1.165) is 27.7 Å². The molecule has 3 aromatic carbocycles. The molecule has 1 atom stereocenters. The molecule has 3 aromatic rings. The third-order valence-corrected chi connectivity index (χ3v) is 4.95. The Morgan fingerprint density at radius 2 is 1.73 bits per heavy atom. The first-order valence-corrected chi connectivity index (χ1v) is 8.78. The maximum Gasteiger partial charge on any atom is 0.229 e. The SMILES string of the molecule is Cc1ccccc1N1C[C@@H](C(=O)Nc2cccc3ccccc23)CC1=O. The van der Waals surface area contributed by atoms with Crippen LogP contribution in [-0.4, -0.2) is 18.4 Å². The average Bonchev–Trinajstić information content (AvgIpc) is 3.04. The van der Waals surface area contributed by atoms with Gasteiger partial charge in [0.2, 0.25) is 11.8 Å². The molecule has 1 heterocycles. The number of hydrogen-bond acceptors (Lipinski definition) is 2. The standard InChI is InChI=1S/C22H20N2O2/c1-15-7-2-5-12-20(15)24-14-17(13-21(24)25)22(26)23-19-11-6-9-16-8-3-4-10-18(16)19/h2-12,17H,13-14H2,1H3,(H,23,26)/t17-/m0/s1. The van der Waals surface area contributed by atoms with Gasteiger partial charge in [0.1, 0.15) is 0 Å². The maximum atomic E-state index is 12.8. The van der Waals surface area contributed by atoms with Crippen LogP contribution in [0.3, 0.4) is 0 Å². The summed E-state index contributed by atoms with van der Waals surface area (Å²) < 4.78 is 0. The smallest absolute Gasteiger partial charge is 0.229 e. The second-order valence-electron chi connectivity index (χ2n) is 6.71. The third kappa shape index (κ3) is 2.94. The van der Waals surface area contributed by atoms with Gasteiger partial charge in [0.15, 0.2) is 0 Å². The van der Waals surface area contributed by atoms with E-state index in [4.69, 9.17) is 0 Å². The van der Waals surface area contributed by atoms with Crippen molar-refractivity contribution < 1.29 is 9.59 Å². The highest BCUT2D eigenvalue weighted by Crippen LogP contribution is 2.29. The van der Waals surface area contributed by atoms with Crippen molar-refractivity contribution in [1.82, 2.24) is 0 Å². The van der Waals surface area contributed by atoms with Gasteiger partial charge in [-0.2, -0.15) is 0 Å². The molecular formula is C22H20N2O2. The Bertz CT molecular complexity index is 991. The van der Waals surface area contributed by atoms with Crippen LogP contribution in [0, 0.1) is 12.8 Å². The number of benzene rings is 3. The summed E-state index contributed by atoms with van der Waals surface area (Å²) in [6.07, 6.45) is 0.241. The number of amides is 2. The van der Waals surface area contributed by atoms with E-state index in [2.05, 4.69) is 5.32 Å². The van der Waals surface area contributed by atoms with Crippen molar-refractivity contribution in [1.29, 1.82) is 0 Å². The van der Waals surface area contributed by atoms with Crippen molar-refractivity contribution >= 4 is 34.0 Å². The molecular weight excluding hydrogens is 324 g/mol. The number of carbonyl (C=O) groups excluding carboxylic acids is 2. The van der Waals surface area contributed by atoms with Crippen LogP contribution in [0.4, 0.5) is 11.4 Å². The van der Waals surface area contributed by atoms with Crippen molar-refractivity contribution in [3.05, 3.63) is 72.3 Å². The fourth-order valence-corrected chi connectivity index (χ4v) is 3.55. The van der Waals surface area contributed by atoms with Gasteiger partial charge in [-0.05, 0) is 30.0 Å². The van der Waals surface area contributed by atoms with Gasteiger partial charge in [-0.25, -0.2) is 0 Å². The molecule has 4 heteroatoms. The molecule has 0 spiro atoms. The lowest BCUT2D eigenvalue weighted by Crippen LogP contribution is -2.28. The highest BCUT2D eigenvalue weighted by atomic mass is 16.2. The lowest BCUT2D eigenvalue weighted by atomic mass is 10.1. The minimum absolute atomic E-state index is 0.00244. The summed E-state index contributed by atoms with van der Waals surface area (Å²) in [5.74, 6) is -0.454. The Kier molecular flexibility index (Phi) is 4.17. The highest BCUT2D eigenvalue weighted by Gasteiger charge is 2.35. The summed E-state index contributed by atoms with van der Waals surface area (Å²) in [5.41, 5.74) is 2.71. The van der Waals surface area contributed by atoms with E-state index in [1.165, 1.54) is 0 Å². The van der Waals surface area contributed by atoms with Gasteiger partial charge in [-0.15, -0.1) is 0 Å². The van der Waals surface area contributed by atoms with Crippen LogP contribution in [-0.2, 0) is 9.59 Å². The minimum atomic E-state index is -0.346. The Labute approximate surface area is 152 Å². The zero-order valence-corrected chi connectivity index (χ0v) is 14.6. The van der Waals surface area contributed by atoms with Crippen molar-refractivity contribution in [3.63, 3.8) is 0 Å². The van der Waals surface area contributed by atoms with Gasteiger partial charge < -0.3 is 10.2 Å². The van der Waals surface area contributed by atoms with E-state index in [9.17, 15) is 9.59 Å². The van der Waals surface area contributed by atoms with Crippen molar-refractivity contribution in [2.75, 3.05) is 16.8 Å². The Morgan fingerprint density at radius 3 is 2.58 bits per heavy atom. The van der Waals surface area contributed by atoms with Gasteiger partial charge in [0, 0.05) is 29.7 Å². The summed E-state index contributed by atoms with van der Waals surface area (Å²) in [7, 11) is 0. The largest absolute Gasteiger partial charge is 0.325 e. The van der Waals surface area contributed by atoms with Gasteiger partial charge in [0.05, 0.1) is 5.92 Å². The zero-order valence-electron chi connectivity index (χ0n) is 14.6. The average molecular weight is 344 g/mol. The summed E-state index contributed by atoms with van der Waals surface area (Å²) >= 11 is 0. The van der Waals surface area contributed by atoms with Crippen LogP contribution in [0.2, 0.25) is 0 Å². The van der Waals surface area contributed by atoms with Gasteiger partial charge in [0.25, 0.3) is 0 Å². The van der Waals surface area contributed by atoms with Gasteiger partial charge >= 0.3 is 0 Å². The number of anilines is 2. The van der Waals surface area contributed by atoms with E-state index in [1.807, 2.05) is 73.7 Å². The topological polar surface area (TPSA) is 49.4 Å². The van der Waals surface area contributed by atoms with Crippen LogP contribution in [0.1, 0.15) is 12.0 Å². The predicted molar refractivity (Wildman–Crippen MR) is 104 cm³/mol. The number of rotatable bonds is 3. The fraction of sp³-hybridized carbons (Fsp3) is 0.182. The van der Waals surface area contributed by atoms with Gasteiger partial charge in [-0.1, -0.05) is 54.6 Å². The Hall–Kier alpha value is -3.14. The summed E-state index contributed by atoms with van der Waals surface area (Å²) in [5, 5.41) is 5.10. The lowest BCUT2D eigenvalue weighted by molar-refractivity contribution is -0.122. The number of nitrogens with zero attached hydrogens (tertiary/aromatic N) is 1. The normalized spacial score (nSPS) is 16.9. The molecule has 2 amide bonds. The van der Waals surface area contributed by atoms with Crippen LogP contribution in [0.25, 0.3) is 10.8 Å². The molecule has 0 bridgehead atoms. The van der Waals surface area contributed by atoms with E-state index in [1.54, 1.807) is 4.90 Å². The number of carbonyl (C=O) groups is 2. The van der Waals surface area contributed by atoms with E-state index < -0.39 is 0 Å². The Morgan fingerprint density at radius 1 is 1.00 bits per heavy atom. The molecule has 26 heavy (non-hydrogen) atoms. The lowest BCUT2D eigenvalue weighted by Gasteiger charge is -2.19. The van der Waals surface area contributed by atoms with E-state index in [0.29, 0.717) is 6.54 Å². The summed E-state index contributed by atoms with van der Waals surface area (Å²) in [6, 6.07) is 21.6. The first-order valence-electron chi connectivity index (χ1n) is 8.78. The quantitative estimate of drug-likeness (QED) is 0.776. The minimum Gasteiger partial charge on any atom is -0.325 e. The third-order valence-electron chi connectivity index (χ3n) is 4.95. The molecule has 4 nitrogen and oxygen atoms in total. The predicted octanol–water partition coefficient (Wildman–Crippen LogP) is 4.14.